The van der Waals surface area contributed by atoms with Gasteiger partial charge < -0.3 is 10.5 Å². The number of hydrogen-bond acceptors (Lipinski definition) is 3. The fourth-order valence-corrected chi connectivity index (χ4v) is 1.87. The summed E-state index contributed by atoms with van der Waals surface area (Å²) in [5.41, 5.74) is 6.05. The summed E-state index contributed by atoms with van der Waals surface area (Å²) in [5, 5.41) is 0. The Labute approximate surface area is 98.0 Å². The van der Waals surface area contributed by atoms with Gasteiger partial charge in [-0.1, -0.05) is 0 Å². The number of ether oxygens (including phenoxy) is 1. The third kappa shape index (κ3) is 3.20. The molecule has 0 aliphatic rings. The zero-order valence-corrected chi connectivity index (χ0v) is 9.89. The van der Waals surface area contributed by atoms with E-state index in [-0.39, 0.29) is 12.3 Å². The molecule has 1 aromatic rings. The predicted octanol–water partition coefficient (Wildman–Crippen LogP) is 2.35. The predicted molar refractivity (Wildman–Crippen MR) is 56.3 cm³/mol. The lowest BCUT2D eigenvalue weighted by atomic mass is 10.2. The molecule has 0 radical (unpaired) electrons. The fraction of sp³-hybridized carbons (Fsp3) is 0.375. The van der Waals surface area contributed by atoms with Crippen LogP contribution < -0.4 is 10.5 Å². The van der Waals surface area contributed by atoms with E-state index in [0.29, 0.717) is 14.8 Å². The van der Waals surface area contributed by atoms with Gasteiger partial charge in [0, 0.05) is 18.3 Å². The third-order valence-electron chi connectivity index (χ3n) is 1.64. The van der Waals surface area contributed by atoms with E-state index in [1.807, 2.05) is 0 Å². The Kier molecular flexibility index (Phi) is 3.77. The van der Waals surface area contributed by atoms with Crippen molar-refractivity contribution >= 4 is 22.6 Å². The molecule has 0 amide bonds. The number of halogens is 4. The van der Waals surface area contributed by atoms with Crippen molar-refractivity contribution in [3.63, 3.8) is 0 Å². The van der Waals surface area contributed by atoms with Gasteiger partial charge in [-0.05, 0) is 29.5 Å². The van der Waals surface area contributed by atoms with Gasteiger partial charge in [-0.15, -0.1) is 13.2 Å². The van der Waals surface area contributed by atoms with E-state index in [1.165, 1.54) is 13.1 Å². The second kappa shape index (κ2) is 4.52. The van der Waals surface area contributed by atoms with Crippen molar-refractivity contribution < 1.29 is 17.9 Å². The summed E-state index contributed by atoms with van der Waals surface area (Å²) < 4.78 is 40.4. The Bertz CT molecular complexity index is 368. The van der Waals surface area contributed by atoms with Crippen LogP contribution in [0.3, 0.4) is 0 Å². The molecule has 0 atom stereocenters. The Hall–Kier alpha value is -0.570. The number of rotatable bonds is 2. The Morgan fingerprint density at radius 3 is 2.60 bits per heavy atom. The fourth-order valence-electron chi connectivity index (χ4n) is 0.978. The number of nitrogens with two attached hydrogens (primary N) is 1. The van der Waals surface area contributed by atoms with Crippen molar-refractivity contribution in [1.82, 2.24) is 4.98 Å². The molecule has 15 heavy (non-hydrogen) atoms. The maximum absolute atomic E-state index is 12.1. The number of aryl methyl sites for hydroxylation is 1. The van der Waals surface area contributed by atoms with E-state index in [2.05, 4.69) is 9.72 Å². The molecule has 0 saturated heterocycles. The Balaban J connectivity index is 3.15. The van der Waals surface area contributed by atoms with Crippen molar-refractivity contribution in [3.8, 4) is 5.75 Å². The SMILES string of the molecule is Cc1cnc(CN)c(I)c1OC(F)(F)F. The zero-order valence-electron chi connectivity index (χ0n) is 7.73. The number of aromatic nitrogens is 1. The topological polar surface area (TPSA) is 48.1 Å². The Morgan fingerprint density at radius 2 is 2.13 bits per heavy atom. The quantitative estimate of drug-likeness (QED) is 0.846. The summed E-state index contributed by atoms with van der Waals surface area (Å²) in [7, 11) is 0. The van der Waals surface area contributed by atoms with Crippen molar-refractivity contribution in [1.29, 1.82) is 0 Å². The lowest BCUT2D eigenvalue weighted by Crippen LogP contribution is -2.19. The van der Waals surface area contributed by atoms with Crippen LogP contribution >= 0.6 is 22.6 Å². The molecule has 0 aliphatic carbocycles. The van der Waals surface area contributed by atoms with Gasteiger partial charge >= 0.3 is 6.36 Å². The highest BCUT2D eigenvalue weighted by Crippen LogP contribution is 2.31. The van der Waals surface area contributed by atoms with Gasteiger partial charge in [-0.3, -0.25) is 4.98 Å². The number of nitrogens with zero attached hydrogens (tertiary/aromatic N) is 1. The molecular weight excluding hydrogens is 324 g/mol. The van der Waals surface area contributed by atoms with Gasteiger partial charge in [0.05, 0.1) is 9.26 Å². The van der Waals surface area contributed by atoms with Crippen molar-refractivity contribution in [2.45, 2.75) is 19.8 Å². The molecular formula is C8H8F3IN2O. The van der Waals surface area contributed by atoms with Crippen molar-refractivity contribution in [3.05, 3.63) is 21.0 Å². The van der Waals surface area contributed by atoms with Crippen LogP contribution in [0.4, 0.5) is 13.2 Å². The molecule has 1 aromatic heterocycles. The average molecular weight is 332 g/mol. The summed E-state index contributed by atoms with van der Waals surface area (Å²) in [6.07, 6.45) is -3.39. The zero-order chi connectivity index (χ0) is 11.6. The molecule has 0 unspecified atom stereocenters. The highest BCUT2D eigenvalue weighted by Gasteiger charge is 2.33. The van der Waals surface area contributed by atoms with Crippen LogP contribution in [0.15, 0.2) is 6.20 Å². The van der Waals surface area contributed by atoms with Crippen LogP contribution in [0, 0.1) is 10.5 Å². The summed E-state index contributed by atoms with van der Waals surface area (Å²) in [4.78, 5) is 3.91. The minimum Gasteiger partial charge on any atom is -0.404 e. The molecule has 3 nitrogen and oxygen atoms in total. The molecule has 0 aromatic carbocycles. The number of alkyl halides is 3. The van der Waals surface area contributed by atoms with Crippen molar-refractivity contribution in [2.75, 3.05) is 0 Å². The van der Waals surface area contributed by atoms with Crippen LogP contribution in [0.2, 0.25) is 0 Å². The maximum atomic E-state index is 12.1. The lowest BCUT2D eigenvalue weighted by Gasteiger charge is -2.14. The first-order valence-corrected chi connectivity index (χ1v) is 5.03. The average Bonchev–Trinajstić information content (AvgIpc) is 2.11. The van der Waals surface area contributed by atoms with Crippen LogP contribution in [-0.4, -0.2) is 11.3 Å². The van der Waals surface area contributed by atoms with Gasteiger partial charge in [-0.25, -0.2) is 0 Å². The maximum Gasteiger partial charge on any atom is 0.573 e. The lowest BCUT2D eigenvalue weighted by molar-refractivity contribution is -0.275. The molecule has 0 aliphatic heterocycles. The Morgan fingerprint density at radius 1 is 1.53 bits per heavy atom. The van der Waals surface area contributed by atoms with Gasteiger partial charge in [0.1, 0.15) is 5.75 Å². The monoisotopic (exact) mass is 332 g/mol. The summed E-state index contributed by atoms with van der Waals surface area (Å²) in [6, 6.07) is 0. The second-order valence-corrected chi connectivity index (χ2v) is 3.86. The standard InChI is InChI=1S/C8H8F3IN2O/c1-4-3-14-5(2-13)6(12)7(4)15-8(9,10)11/h3H,2,13H2,1H3. The first kappa shape index (κ1) is 12.5. The molecule has 1 heterocycles. The highest BCUT2D eigenvalue weighted by atomic mass is 127. The van der Waals surface area contributed by atoms with Gasteiger partial charge in [-0.2, -0.15) is 0 Å². The molecule has 0 bridgehead atoms. The van der Waals surface area contributed by atoms with Crippen LogP contribution in [-0.2, 0) is 6.54 Å². The first-order valence-electron chi connectivity index (χ1n) is 3.95. The minimum atomic E-state index is -4.70. The highest BCUT2D eigenvalue weighted by molar-refractivity contribution is 14.1. The number of hydrogen-bond donors (Lipinski definition) is 1. The third-order valence-corrected chi connectivity index (χ3v) is 2.75. The summed E-state index contributed by atoms with van der Waals surface area (Å²) in [5.74, 6) is -0.224. The van der Waals surface area contributed by atoms with E-state index >= 15 is 0 Å². The van der Waals surface area contributed by atoms with E-state index in [0.717, 1.165) is 0 Å². The van der Waals surface area contributed by atoms with E-state index in [1.54, 1.807) is 22.6 Å². The molecule has 2 N–H and O–H groups in total. The van der Waals surface area contributed by atoms with Crippen LogP contribution in [0.1, 0.15) is 11.3 Å². The summed E-state index contributed by atoms with van der Waals surface area (Å²) >= 11 is 1.74. The van der Waals surface area contributed by atoms with E-state index < -0.39 is 6.36 Å². The van der Waals surface area contributed by atoms with E-state index in [9.17, 15) is 13.2 Å². The van der Waals surface area contributed by atoms with Gasteiger partial charge in [0.15, 0.2) is 0 Å². The largest absolute Gasteiger partial charge is 0.573 e. The van der Waals surface area contributed by atoms with E-state index in [4.69, 9.17) is 5.73 Å². The molecule has 1 rings (SSSR count). The molecule has 84 valence electrons. The number of pyridine rings is 1. The molecule has 0 fully saturated rings. The van der Waals surface area contributed by atoms with Crippen LogP contribution in [0.5, 0.6) is 5.75 Å². The first-order chi connectivity index (χ1) is 6.85. The summed E-state index contributed by atoms with van der Waals surface area (Å²) in [6.45, 7) is 1.57. The van der Waals surface area contributed by atoms with Gasteiger partial charge in [0.2, 0.25) is 0 Å². The smallest absolute Gasteiger partial charge is 0.404 e. The molecule has 0 spiro atoms. The normalized spacial score (nSPS) is 11.6. The molecule has 0 saturated carbocycles. The minimum absolute atomic E-state index is 0.0762. The van der Waals surface area contributed by atoms with Crippen LogP contribution in [0.25, 0.3) is 0 Å². The van der Waals surface area contributed by atoms with Gasteiger partial charge in [0.25, 0.3) is 0 Å². The molecule has 7 heteroatoms. The second-order valence-electron chi connectivity index (χ2n) is 2.78. The van der Waals surface area contributed by atoms with Crippen molar-refractivity contribution in [2.24, 2.45) is 5.73 Å².